The van der Waals surface area contributed by atoms with E-state index in [9.17, 15) is 9.59 Å². The van der Waals surface area contributed by atoms with Crippen molar-refractivity contribution >= 4 is 22.8 Å². The van der Waals surface area contributed by atoms with Gasteiger partial charge >= 0.3 is 5.97 Å². The van der Waals surface area contributed by atoms with Crippen LogP contribution in [-0.4, -0.2) is 42.5 Å². The zero-order chi connectivity index (χ0) is 13.8. The van der Waals surface area contributed by atoms with Gasteiger partial charge in [-0.1, -0.05) is 24.3 Å². The van der Waals surface area contributed by atoms with E-state index in [4.69, 9.17) is 0 Å². The molecule has 0 aliphatic rings. The van der Waals surface area contributed by atoms with Gasteiger partial charge in [0.25, 0.3) is 5.91 Å². The summed E-state index contributed by atoms with van der Waals surface area (Å²) in [6.45, 7) is -0.0934. The van der Waals surface area contributed by atoms with Crippen molar-refractivity contribution in [3.05, 3.63) is 42.1 Å². The van der Waals surface area contributed by atoms with E-state index in [0.29, 0.717) is 5.69 Å². The lowest BCUT2D eigenvalue weighted by molar-refractivity contribution is -0.141. The van der Waals surface area contributed by atoms with Crippen LogP contribution in [0.4, 0.5) is 0 Å². The Morgan fingerprint density at radius 3 is 2.68 bits per heavy atom. The maximum absolute atomic E-state index is 12.1. The van der Waals surface area contributed by atoms with Crippen LogP contribution in [0.3, 0.4) is 0 Å². The number of esters is 1. The quantitative estimate of drug-likeness (QED) is 0.782. The molecule has 0 radical (unpaired) electrons. The van der Waals surface area contributed by atoms with Crippen molar-refractivity contribution in [2.75, 3.05) is 20.7 Å². The molecule has 0 saturated carbocycles. The fraction of sp³-hybridized carbons (Fsp3) is 0.214. The Hall–Kier alpha value is -2.43. The van der Waals surface area contributed by atoms with Gasteiger partial charge in [0.2, 0.25) is 0 Å². The lowest BCUT2D eigenvalue weighted by Crippen LogP contribution is -2.33. The molecule has 0 atom stereocenters. The molecule has 0 bridgehead atoms. The van der Waals surface area contributed by atoms with Crippen molar-refractivity contribution in [2.24, 2.45) is 0 Å². The summed E-state index contributed by atoms with van der Waals surface area (Å²) in [5, 5.41) is 0.967. The average Bonchev–Trinajstić information content (AvgIpc) is 2.45. The van der Waals surface area contributed by atoms with Crippen LogP contribution in [0.15, 0.2) is 36.4 Å². The van der Waals surface area contributed by atoms with Crippen molar-refractivity contribution in [1.82, 2.24) is 9.88 Å². The summed E-state index contributed by atoms with van der Waals surface area (Å²) >= 11 is 0. The standard InChI is InChI=1S/C14H14N2O3/c1-16(9-13(17)19-2)14(18)12-8-7-10-5-3-4-6-11(10)15-12/h3-8H,9H2,1-2H3. The molecule has 0 aliphatic carbocycles. The average molecular weight is 258 g/mol. The van der Waals surface area contributed by atoms with E-state index < -0.39 is 5.97 Å². The number of rotatable bonds is 3. The van der Waals surface area contributed by atoms with Crippen LogP contribution in [-0.2, 0) is 9.53 Å². The first-order chi connectivity index (χ1) is 9.11. The number of fused-ring (bicyclic) bond motifs is 1. The Morgan fingerprint density at radius 2 is 1.95 bits per heavy atom. The van der Waals surface area contributed by atoms with Gasteiger partial charge < -0.3 is 9.64 Å². The second-order valence-corrected chi connectivity index (χ2v) is 4.13. The molecule has 1 heterocycles. The summed E-state index contributed by atoms with van der Waals surface area (Å²) in [6, 6.07) is 11.0. The highest BCUT2D eigenvalue weighted by atomic mass is 16.5. The van der Waals surface area contributed by atoms with Gasteiger partial charge in [0, 0.05) is 12.4 Å². The van der Waals surface area contributed by atoms with E-state index in [0.717, 1.165) is 10.9 Å². The number of aromatic nitrogens is 1. The van der Waals surface area contributed by atoms with Crippen molar-refractivity contribution < 1.29 is 14.3 Å². The lowest BCUT2D eigenvalue weighted by atomic mass is 10.2. The zero-order valence-electron chi connectivity index (χ0n) is 10.8. The molecule has 1 amide bonds. The third kappa shape index (κ3) is 2.88. The van der Waals surface area contributed by atoms with E-state index in [1.54, 1.807) is 6.07 Å². The Morgan fingerprint density at radius 1 is 1.21 bits per heavy atom. The summed E-state index contributed by atoms with van der Waals surface area (Å²) in [5.41, 5.74) is 1.06. The third-order valence-corrected chi connectivity index (χ3v) is 2.76. The summed E-state index contributed by atoms with van der Waals surface area (Å²) in [4.78, 5) is 28.8. The van der Waals surface area contributed by atoms with Crippen LogP contribution in [0.2, 0.25) is 0 Å². The SMILES string of the molecule is COC(=O)CN(C)C(=O)c1ccc2ccccc2n1. The molecule has 1 aromatic carbocycles. The van der Waals surface area contributed by atoms with Crippen LogP contribution in [0.1, 0.15) is 10.5 Å². The monoisotopic (exact) mass is 258 g/mol. The van der Waals surface area contributed by atoms with Crippen molar-refractivity contribution in [3.63, 3.8) is 0 Å². The van der Waals surface area contributed by atoms with E-state index in [2.05, 4.69) is 9.72 Å². The predicted octanol–water partition coefficient (Wildman–Crippen LogP) is 1.48. The number of ether oxygens (including phenoxy) is 1. The summed E-state index contributed by atoms with van der Waals surface area (Å²) in [6.07, 6.45) is 0. The van der Waals surface area contributed by atoms with Gasteiger partial charge in [0.1, 0.15) is 12.2 Å². The molecule has 1 aromatic heterocycles. The van der Waals surface area contributed by atoms with Gasteiger partial charge in [-0.25, -0.2) is 4.98 Å². The highest BCUT2D eigenvalue weighted by molar-refractivity contribution is 5.96. The fourth-order valence-electron chi connectivity index (χ4n) is 1.71. The van der Waals surface area contributed by atoms with Gasteiger partial charge in [-0.3, -0.25) is 9.59 Å². The van der Waals surface area contributed by atoms with Crippen LogP contribution in [0.5, 0.6) is 0 Å². The minimum atomic E-state index is -0.461. The number of hydrogen-bond acceptors (Lipinski definition) is 4. The number of nitrogens with zero attached hydrogens (tertiary/aromatic N) is 2. The molecule has 5 heteroatoms. The predicted molar refractivity (Wildman–Crippen MR) is 70.7 cm³/mol. The zero-order valence-corrected chi connectivity index (χ0v) is 10.8. The minimum Gasteiger partial charge on any atom is -0.468 e. The number of para-hydroxylation sites is 1. The molecule has 0 unspecified atom stereocenters. The Bertz CT molecular complexity index is 625. The van der Waals surface area contributed by atoms with Crippen LogP contribution in [0.25, 0.3) is 10.9 Å². The van der Waals surface area contributed by atoms with Gasteiger partial charge in [-0.2, -0.15) is 0 Å². The van der Waals surface area contributed by atoms with Gasteiger partial charge in [0.05, 0.1) is 12.6 Å². The van der Waals surface area contributed by atoms with Crippen molar-refractivity contribution in [3.8, 4) is 0 Å². The summed E-state index contributed by atoms with van der Waals surface area (Å²) in [5.74, 6) is -0.771. The van der Waals surface area contributed by atoms with E-state index in [-0.39, 0.29) is 12.5 Å². The number of carbonyl (C=O) groups excluding carboxylic acids is 2. The van der Waals surface area contributed by atoms with Crippen LogP contribution in [0, 0.1) is 0 Å². The maximum Gasteiger partial charge on any atom is 0.325 e. The molecule has 0 N–H and O–H groups in total. The molecular weight excluding hydrogens is 244 g/mol. The van der Waals surface area contributed by atoms with E-state index in [1.807, 2.05) is 30.3 Å². The number of likely N-dealkylation sites (N-methyl/N-ethyl adjacent to an activating group) is 1. The number of methoxy groups -OCH3 is 1. The van der Waals surface area contributed by atoms with Crippen LogP contribution >= 0.6 is 0 Å². The second kappa shape index (κ2) is 5.48. The maximum atomic E-state index is 12.1. The van der Waals surface area contributed by atoms with E-state index >= 15 is 0 Å². The number of carbonyl (C=O) groups is 2. The van der Waals surface area contributed by atoms with Gasteiger partial charge in [0.15, 0.2) is 0 Å². The number of amides is 1. The second-order valence-electron chi connectivity index (χ2n) is 4.13. The van der Waals surface area contributed by atoms with Crippen molar-refractivity contribution in [1.29, 1.82) is 0 Å². The van der Waals surface area contributed by atoms with Crippen molar-refractivity contribution in [2.45, 2.75) is 0 Å². The first kappa shape index (κ1) is 13.0. The normalized spacial score (nSPS) is 10.2. The highest BCUT2D eigenvalue weighted by Crippen LogP contribution is 2.12. The molecule has 2 rings (SSSR count). The largest absolute Gasteiger partial charge is 0.468 e. The molecule has 19 heavy (non-hydrogen) atoms. The number of pyridine rings is 1. The Balaban J connectivity index is 2.23. The molecule has 2 aromatic rings. The molecule has 5 nitrogen and oxygen atoms in total. The smallest absolute Gasteiger partial charge is 0.325 e. The molecule has 0 fully saturated rings. The Kier molecular flexibility index (Phi) is 3.75. The summed E-state index contributed by atoms with van der Waals surface area (Å²) in [7, 11) is 2.82. The lowest BCUT2D eigenvalue weighted by Gasteiger charge is -2.15. The van der Waals surface area contributed by atoms with Crippen LogP contribution < -0.4 is 0 Å². The minimum absolute atomic E-state index is 0.0934. The van der Waals surface area contributed by atoms with E-state index in [1.165, 1.54) is 19.1 Å². The Labute approximate surface area is 110 Å². The van der Waals surface area contributed by atoms with Gasteiger partial charge in [-0.15, -0.1) is 0 Å². The highest BCUT2D eigenvalue weighted by Gasteiger charge is 2.16. The first-order valence-electron chi connectivity index (χ1n) is 5.80. The third-order valence-electron chi connectivity index (χ3n) is 2.76. The molecular formula is C14H14N2O3. The number of hydrogen-bond donors (Lipinski definition) is 0. The molecule has 0 saturated heterocycles. The topological polar surface area (TPSA) is 59.5 Å². The molecule has 0 aliphatic heterocycles. The number of benzene rings is 1. The molecule has 98 valence electrons. The fourth-order valence-corrected chi connectivity index (χ4v) is 1.71. The summed E-state index contributed by atoms with van der Waals surface area (Å²) < 4.78 is 4.52. The van der Waals surface area contributed by atoms with Gasteiger partial charge in [-0.05, 0) is 12.1 Å². The first-order valence-corrected chi connectivity index (χ1v) is 5.80. The molecule has 0 spiro atoms.